The number of nitrogens with one attached hydrogen (secondary N) is 1. The number of aryl methyl sites for hydroxylation is 1. The third-order valence-electron chi connectivity index (χ3n) is 3.58. The highest BCUT2D eigenvalue weighted by Crippen LogP contribution is 2.19. The van der Waals surface area contributed by atoms with E-state index in [1.54, 1.807) is 54.1 Å². The van der Waals surface area contributed by atoms with Crippen LogP contribution >= 0.6 is 11.6 Å². The first kappa shape index (κ1) is 15.1. The van der Waals surface area contributed by atoms with E-state index in [-0.39, 0.29) is 5.56 Å². The van der Waals surface area contributed by atoms with E-state index in [0.717, 1.165) is 0 Å². The van der Waals surface area contributed by atoms with E-state index in [0.29, 0.717) is 27.3 Å². The predicted molar refractivity (Wildman–Crippen MR) is 93.0 cm³/mol. The third-order valence-corrected chi connectivity index (χ3v) is 3.81. The van der Waals surface area contributed by atoms with E-state index in [9.17, 15) is 9.59 Å². The summed E-state index contributed by atoms with van der Waals surface area (Å²) in [5, 5.41) is 3.51. The highest BCUT2D eigenvalue weighted by molar-refractivity contribution is 6.31. The fraction of sp³-hybridized carbons (Fsp3) is 0.0588. The number of halogens is 1. The van der Waals surface area contributed by atoms with Crippen molar-refractivity contribution in [2.75, 3.05) is 11.1 Å². The van der Waals surface area contributed by atoms with E-state index in [4.69, 9.17) is 17.3 Å². The Hall–Kier alpha value is -2.79. The van der Waals surface area contributed by atoms with Crippen LogP contribution in [-0.2, 0) is 7.05 Å². The van der Waals surface area contributed by atoms with Gasteiger partial charge in [-0.1, -0.05) is 23.7 Å². The zero-order valence-electron chi connectivity index (χ0n) is 12.3. The molecule has 1 amide bonds. The number of hydrogen-bond donors (Lipinski definition) is 2. The number of hydrogen-bond acceptors (Lipinski definition) is 3. The smallest absolute Gasteiger partial charge is 0.261 e. The molecule has 0 saturated carbocycles. The molecule has 6 heteroatoms. The van der Waals surface area contributed by atoms with Crippen molar-refractivity contribution in [1.82, 2.24) is 4.57 Å². The lowest BCUT2D eigenvalue weighted by molar-refractivity contribution is 0.102. The molecule has 3 aromatic rings. The molecule has 1 heterocycles. The Morgan fingerprint density at radius 1 is 1.22 bits per heavy atom. The predicted octanol–water partition coefficient (Wildman–Crippen LogP) is 3.03. The molecule has 1 aromatic heterocycles. The summed E-state index contributed by atoms with van der Waals surface area (Å²) >= 11 is 5.90. The number of nitrogen functional groups attached to an aromatic ring is 1. The molecular weight excluding hydrogens is 314 g/mol. The average molecular weight is 328 g/mol. The summed E-state index contributed by atoms with van der Waals surface area (Å²) in [5.74, 6) is -0.502. The largest absolute Gasteiger partial charge is 0.398 e. The lowest BCUT2D eigenvalue weighted by atomic mass is 10.1. The third kappa shape index (κ3) is 2.78. The van der Waals surface area contributed by atoms with Crippen LogP contribution in [0, 0.1) is 0 Å². The standard InChI is InChI=1S/C17H14ClN3O2/c1-21-9-12(16(22)15-13(19)6-3-7-14(15)21)17(23)20-11-5-2-4-10(18)8-11/h2-9H,19H2,1H3,(H,20,23). The van der Waals surface area contributed by atoms with Gasteiger partial charge in [0.25, 0.3) is 5.91 Å². The average Bonchev–Trinajstić information content (AvgIpc) is 2.50. The molecule has 0 spiro atoms. The van der Waals surface area contributed by atoms with Crippen LogP contribution in [0.5, 0.6) is 0 Å². The number of anilines is 2. The number of carbonyl (C=O) groups is 1. The van der Waals surface area contributed by atoms with Gasteiger partial charge in [0, 0.05) is 29.6 Å². The van der Waals surface area contributed by atoms with Crippen molar-refractivity contribution in [1.29, 1.82) is 0 Å². The summed E-state index contributed by atoms with van der Waals surface area (Å²) in [4.78, 5) is 25.1. The Labute approximate surface area is 137 Å². The molecule has 0 radical (unpaired) electrons. The quantitative estimate of drug-likeness (QED) is 0.710. The molecule has 5 nitrogen and oxygen atoms in total. The minimum absolute atomic E-state index is 0.0258. The van der Waals surface area contributed by atoms with Gasteiger partial charge in [-0.25, -0.2) is 0 Å². The molecule has 116 valence electrons. The molecule has 23 heavy (non-hydrogen) atoms. The lowest BCUT2D eigenvalue weighted by Gasteiger charge is -2.11. The molecule has 0 aliphatic rings. The fourth-order valence-electron chi connectivity index (χ4n) is 2.48. The number of fused-ring (bicyclic) bond motifs is 1. The molecule has 0 fully saturated rings. The minimum Gasteiger partial charge on any atom is -0.398 e. The minimum atomic E-state index is -0.502. The van der Waals surface area contributed by atoms with Crippen molar-refractivity contribution < 1.29 is 4.79 Å². The highest BCUT2D eigenvalue weighted by atomic mass is 35.5. The molecule has 0 saturated heterocycles. The van der Waals surface area contributed by atoms with Crippen molar-refractivity contribution in [3.63, 3.8) is 0 Å². The zero-order chi connectivity index (χ0) is 16.6. The Bertz CT molecular complexity index is 979. The number of rotatable bonds is 2. The number of amides is 1. The zero-order valence-corrected chi connectivity index (χ0v) is 13.1. The van der Waals surface area contributed by atoms with Crippen LogP contribution in [0.3, 0.4) is 0 Å². The molecule has 3 rings (SSSR count). The van der Waals surface area contributed by atoms with Gasteiger partial charge < -0.3 is 15.6 Å². The van der Waals surface area contributed by atoms with Crippen LogP contribution in [0.25, 0.3) is 10.9 Å². The maximum Gasteiger partial charge on any atom is 0.261 e. The van der Waals surface area contributed by atoms with Gasteiger partial charge in [-0.2, -0.15) is 0 Å². The second-order valence-electron chi connectivity index (χ2n) is 5.19. The molecule has 0 unspecified atom stereocenters. The van der Waals surface area contributed by atoms with Gasteiger partial charge in [0.05, 0.1) is 10.9 Å². The fourth-order valence-corrected chi connectivity index (χ4v) is 2.67. The molecule has 3 N–H and O–H groups in total. The van der Waals surface area contributed by atoms with Crippen LogP contribution in [-0.4, -0.2) is 10.5 Å². The number of pyridine rings is 1. The maximum atomic E-state index is 12.6. The topological polar surface area (TPSA) is 77.1 Å². The lowest BCUT2D eigenvalue weighted by Crippen LogP contribution is -2.24. The summed E-state index contributed by atoms with van der Waals surface area (Å²) in [7, 11) is 1.76. The van der Waals surface area contributed by atoms with E-state index < -0.39 is 11.3 Å². The van der Waals surface area contributed by atoms with Crippen molar-refractivity contribution in [3.8, 4) is 0 Å². The number of benzene rings is 2. The first-order valence-corrected chi connectivity index (χ1v) is 7.30. The van der Waals surface area contributed by atoms with Gasteiger partial charge in [0.2, 0.25) is 5.43 Å². The SMILES string of the molecule is Cn1cc(C(=O)Nc2cccc(Cl)c2)c(=O)c2c(N)cccc21. The van der Waals surface area contributed by atoms with Crippen molar-refractivity contribution in [3.05, 3.63) is 69.5 Å². The van der Waals surface area contributed by atoms with E-state index in [1.165, 1.54) is 6.20 Å². The Morgan fingerprint density at radius 3 is 2.70 bits per heavy atom. The number of nitrogens with zero attached hydrogens (tertiary/aromatic N) is 1. The summed E-state index contributed by atoms with van der Waals surface area (Å²) < 4.78 is 1.71. The van der Waals surface area contributed by atoms with Crippen LogP contribution in [0.4, 0.5) is 11.4 Å². The Balaban J connectivity index is 2.10. The number of nitrogens with two attached hydrogens (primary N) is 1. The van der Waals surface area contributed by atoms with Gasteiger partial charge in [0.1, 0.15) is 5.56 Å². The molecule has 0 bridgehead atoms. The highest BCUT2D eigenvalue weighted by Gasteiger charge is 2.16. The van der Waals surface area contributed by atoms with Crippen molar-refractivity contribution >= 4 is 39.8 Å². The number of carbonyl (C=O) groups excluding carboxylic acids is 1. The van der Waals surface area contributed by atoms with Gasteiger partial charge in [-0.15, -0.1) is 0 Å². The van der Waals surface area contributed by atoms with Crippen LogP contribution in [0.1, 0.15) is 10.4 Å². The van der Waals surface area contributed by atoms with Crippen molar-refractivity contribution in [2.24, 2.45) is 7.05 Å². The van der Waals surface area contributed by atoms with Gasteiger partial charge in [-0.05, 0) is 30.3 Å². The van der Waals surface area contributed by atoms with E-state index in [2.05, 4.69) is 5.32 Å². The van der Waals surface area contributed by atoms with Crippen LogP contribution in [0.15, 0.2) is 53.5 Å². The number of aromatic nitrogens is 1. The molecule has 0 atom stereocenters. The van der Waals surface area contributed by atoms with Crippen molar-refractivity contribution in [2.45, 2.75) is 0 Å². The molecular formula is C17H14ClN3O2. The van der Waals surface area contributed by atoms with Gasteiger partial charge in [-0.3, -0.25) is 9.59 Å². The molecule has 0 aliphatic carbocycles. The van der Waals surface area contributed by atoms with Crippen LogP contribution in [0.2, 0.25) is 5.02 Å². The second kappa shape index (κ2) is 5.78. The first-order valence-electron chi connectivity index (χ1n) is 6.92. The van der Waals surface area contributed by atoms with E-state index in [1.807, 2.05) is 0 Å². The first-order chi connectivity index (χ1) is 11.0. The second-order valence-corrected chi connectivity index (χ2v) is 5.63. The monoisotopic (exact) mass is 327 g/mol. The van der Waals surface area contributed by atoms with Gasteiger partial charge in [0.15, 0.2) is 0 Å². The van der Waals surface area contributed by atoms with Crippen LogP contribution < -0.4 is 16.5 Å². The Kier molecular flexibility index (Phi) is 3.80. The molecule has 2 aromatic carbocycles. The molecule has 0 aliphatic heterocycles. The maximum absolute atomic E-state index is 12.6. The summed E-state index contributed by atoms with van der Waals surface area (Å²) in [6, 6.07) is 11.9. The van der Waals surface area contributed by atoms with Gasteiger partial charge >= 0.3 is 0 Å². The summed E-state index contributed by atoms with van der Waals surface area (Å²) in [5.41, 5.74) is 7.08. The Morgan fingerprint density at radius 2 is 1.96 bits per heavy atom. The van der Waals surface area contributed by atoms with E-state index >= 15 is 0 Å². The normalized spacial score (nSPS) is 10.7. The summed E-state index contributed by atoms with van der Waals surface area (Å²) in [6.45, 7) is 0. The summed E-state index contributed by atoms with van der Waals surface area (Å²) in [6.07, 6.45) is 1.50.